The van der Waals surface area contributed by atoms with Gasteiger partial charge in [0.1, 0.15) is 12.4 Å². The standard InChI is InChI=1S/C14H14ClNO2S/c1-2-16-14(17)13-7-10(9-19-13)8-18-12-5-3-11(15)4-6-12/h3-7,9H,2,8H2,1H3,(H,16,17). The lowest BCUT2D eigenvalue weighted by atomic mass is 10.3. The van der Waals surface area contributed by atoms with Crippen LogP contribution in [0.1, 0.15) is 22.2 Å². The number of ether oxygens (including phenoxy) is 1. The molecule has 0 saturated heterocycles. The lowest BCUT2D eigenvalue weighted by Crippen LogP contribution is -2.21. The zero-order valence-corrected chi connectivity index (χ0v) is 12.1. The van der Waals surface area contributed by atoms with E-state index in [2.05, 4.69) is 5.32 Å². The Morgan fingerprint density at radius 3 is 2.79 bits per heavy atom. The molecule has 2 rings (SSSR count). The van der Waals surface area contributed by atoms with Crippen molar-refractivity contribution in [1.82, 2.24) is 5.32 Å². The summed E-state index contributed by atoms with van der Waals surface area (Å²) in [6.45, 7) is 2.97. The van der Waals surface area contributed by atoms with Gasteiger partial charge in [-0.1, -0.05) is 11.6 Å². The van der Waals surface area contributed by atoms with E-state index in [-0.39, 0.29) is 5.91 Å². The van der Waals surface area contributed by atoms with Crippen LogP contribution < -0.4 is 10.1 Å². The lowest BCUT2D eigenvalue weighted by molar-refractivity contribution is 0.0960. The van der Waals surface area contributed by atoms with E-state index in [4.69, 9.17) is 16.3 Å². The predicted octanol–water partition coefficient (Wildman–Crippen LogP) is 3.73. The van der Waals surface area contributed by atoms with E-state index in [0.717, 1.165) is 11.3 Å². The number of rotatable bonds is 5. The second kappa shape index (κ2) is 6.59. The van der Waals surface area contributed by atoms with E-state index >= 15 is 0 Å². The second-order valence-corrected chi connectivity index (χ2v) is 5.27. The highest BCUT2D eigenvalue weighted by Crippen LogP contribution is 2.19. The van der Waals surface area contributed by atoms with Crippen LogP contribution in [0.2, 0.25) is 5.02 Å². The van der Waals surface area contributed by atoms with Gasteiger partial charge >= 0.3 is 0 Å². The molecule has 0 aliphatic carbocycles. The van der Waals surface area contributed by atoms with Gasteiger partial charge in [0.25, 0.3) is 5.91 Å². The number of carbonyl (C=O) groups excluding carboxylic acids is 1. The first-order chi connectivity index (χ1) is 9.19. The molecular formula is C14H14ClNO2S. The normalized spacial score (nSPS) is 10.2. The van der Waals surface area contributed by atoms with Gasteiger partial charge in [-0.25, -0.2) is 0 Å². The van der Waals surface area contributed by atoms with Gasteiger partial charge in [0.15, 0.2) is 0 Å². The van der Waals surface area contributed by atoms with Gasteiger partial charge in [0.05, 0.1) is 4.88 Å². The Balaban J connectivity index is 1.93. The third-order valence-corrected chi connectivity index (χ3v) is 3.66. The van der Waals surface area contributed by atoms with Gasteiger partial charge in [-0.15, -0.1) is 11.3 Å². The van der Waals surface area contributed by atoms with E-state index in [1.54, 1.807) is 12.1 Å². The first kappa shape index (κ1) is 13.9. The molecule has 0 radical (unpaired) electrons. The molecule has 0 aliphatic heterocycles. The molecule has 1 N–H and O–H groups in total. The number of nitrogens with one attached hydrogen (secondary N) is 1. The molecule has 0 spiro atoms. The van der Waals surface area contributed by atoms with Crippen LogP contribution in [0.15, 0.2) is 35.7 Å². The third-order valence-electron chi connectivity index (χ3n) is 2.43. The predicted molar refractivity (Wildman–Crippen MR) is 78.1 cm³/mol. The molecule has 0 aliphatic rings. The average molecular weight is 296 g/mol. The van der Waals surface area contributed by atoms with Crippen molar-refractivity contribution in [3.8, 4) is 5.75 Å². The summed E-state index contributed by atoms with van der Waals surface area (Å²) >= 11 is 7.22. The van der Waals surface area contributed by atoms with E-state index in [1.165, 1.54) is 11.3 Å². The monoisotopic (exact) mass is 295 g/mol. The summed E-state index contributed by atoms with van der Waals surface area (Å²) in [6, 6.07) is 9.06. The summed E-state index contributed by atoms with van der Waals surface area (Å²) in [5.41, 5.74) is 0.987. The van der Waals surface area contributed by atoms with Gasteiger partial charge in [0, 0.05) is 17.1 Å². The summed E-state index contributed by atoms with van der Waals surface area (Å²) in [6.07, 6.45) is 0. The van der Waals surface area contributed by atoms with Crippen molar-refractivity contribution < 1.29 is 9.53 Å². The minimum absolute atomic E-state index is 0.0368. The Labute approximate surface area is 121 Å². The molecule has 19 heavy (non-hydrogen) atoms. The van der Waals surface area contributed by atoms with Crippen molar-refractivity contribution >= 4 is 28.8 Å². The maximum atomic E-state index is 11.6. The maximum absolute atomic E-state index is 11.6. The number of hydrogen-bond donors (Lipinski definition) is 1. The van der Waals surface area contributed by atoms with Gasteiger partial charge < -0.3 is 10.1 Å². The fourth-order valence-corrected chi connectivity index (χ4v) is 2.45. The Bertz CT molecular complexity index is 551. The molecule has 0 unspecified atom stereocenters. The minimum Gasteiger partial charge on any atom is -0.489 e. The van der Waals surface area contributed by atoms with E-state index in [9.17, 15) is 4.79 Å². The molecular weight excluding hydrogens is 282 g/mol. The number of thiophene rings is 1. The largest absolute Gasteiger partial charge is 0.489 e. The topological polar surface area (TPSA) is 38.3 Å². The van der Waals surface area contributed by atoms with Crippen molar-refractivity contribution in [1.29, 1.82) is 0 Å². The van der Waals surface area contributed by atoms with Crippen molar-refractivity contribution in [3.63, 3.8) is 0 Å². The summed E-state index contributed by atoms with van der Waals surface area (Å²) in [5.74, 6) is 0.723. The van der Waals surface area contributed by atoms with E-state index in [0.29, 0.717) is 23.1 Å². The number of hydrogen-bond acceptors (Lipinski definition) is 3. The smallest absolute Gasteiger partial charge is 0.261 e. The zero-order chi connectivity index (χ0) is 13.7. The van der Waals surface area contributed by atoms with Gasteiger partial charge in [-0.2, -0.15) is 0 Å². The Kier molecular flexibility index (Phi) is 4.82. The molecule has 2 aromatic rings. The van der Waals surface area contributed by atoms with Crippen molar-refractivity contribution in [3.05, 3.63) is 51.2 Å². The molecule has 0 atom stereocenters. The number of halogens is 1. The quantitative estimate of drug-likeness (QED) is 0.913. The second-order valence-electron chi connectivity index (χ2n) is 3.92. The summed E-state index contributed by atoms with van der Waals surface area (Å²) < 4.78 is 5.62. The molecule has 1 amide bonds. The highest BCUT2D eigenvalue weighted by molar-refractivity contribution is 7.12. The third kappa shape index (κ3) is 3.98. The minimum atomic E-state index is -0.0368. The van der Waals surface area contributed by atoms with Crippen molar-refractivity contribution in [2.45, 2.75) is 13.5 Å². The summed E-state index contributed by atoms with van der Waals surface area (Å²) in [4.78, 5) is 12.3. The molecule has 1 heterocycles. The molecule has 1 aromatic carbocycles. The number of benzene rings is 1. The Morgan fingerprint density at radius 2 is 2.11 bits per heavy atom. The van der Waals surface area contributed by atoms with Crippen LogP contribution in [0.3, 0.4) is 0 Å². The molecule has 0 bridgehead atoms. The molecule has 100 valence electrons. The molecule has 5 heteroatoms. The van der Waals surface area contributed by atoms with Crippen LogP contribution in [0.5, 0.6) is 5.75 Å². The van der Waals surface area contributed by atoms with E-state index < -0.39 is 0 Å². The van der Waals surface area contributed by atoms with Crippen LogP contribution in [-0.2, 0) is 6.61 Å². The van der Waals surface area contributed by atoms with Crippen LogP contribution in [0.4, 0.5) is 0 Å². The lowest BCUT2D eigenvalue weighted by Gasteiger charge is -2.04. The average Bonchev–Trinajstić information content (AvgIpc) is 2.87. The van der Waals surface area contributed by atoms with Crippen LogP contribution >= 0.6 is 22.9 Å². The van der Waals surface area contributed by atoms with Gasteiger partial charge in [0.2, 0.25) is 0 Å². The fourth-order valence-electron chi connectivity index (χ4n) is 1.52. The van der Waals surface area contributed by atoms with Gasteiger partial charge in [-0.3, -0.25) is 4.79 Å². The fraction of sp³-hybridized carbons (Fsp3) is 0.214. The molecule has 0 saturated carbocycles. The summed E-state index contributed by atoms with van der Waals surface area (Å²) in [7, 11) is 0. The highest BCUT2D eigenvalue weighted by atomic mass is 35.5. The summed E-state index contributed by atoms with van der Waals surface area (Å²) in [5, 5.41) is 5.38. The highest BCUT2D eigenvalue weighted by Gasteiger charge is 2.08. The SMILES string of the molecule is CCNC(=O)c1cc(COc2ccc(Cl)cc2)cs1. The van der Waals surface area contributed by atoms with Crippen LogP contribution in [-0.4, -0.2) is 12.5 Å². The van der Waals surface area contributed by atoms with Gasteiger partial charge in [-0.05, 0) is 42.6 Å². The van der Waals surface area contributed by atoms with E-state index in [1.807, 2.05) is 30.5 Å². The first-order valence-electron chi connectivity index (χ1n) is 5.93. The number of amides is 1. The first-order valence-corrected chi connectivity index (χ1v) is 7.18. The molecule has 1 aromatic heterocycles. The Morgan fingerprint density at radius 1 is 1.37 bits per heavy atom. The number of carbonyl (C=O) groups is 1. The zero-order valence-electron chi connectivity index (χ0n) is 10.5. The van der Waals surface area contributed by atoms with Crippen molar-refractivity contribution in [2.24, 2.45) is 0 Å². The van der Waals surface area contributed by atoms with Crippen LogP contribution in [0, 0.1) is 0 Å². The maximum Gasteiger partial charge on any atom is 0.261 e. The molecule has 3 nitrogen and oxygen atoms in total. The Hall–Kier alpha value is -1.52. The van der Waals surface area contributed by atoms with Crippen LogP contribution in [0.25, 0.3) is 0 Å². The molecule has 0 fully saturated rings. The van der Waals surface area contributed by atoms with Crippen molar-refractivity contribution in [2.75, 3.05) is 6.54 Å².